The van der Waals surface area contributed by atoms with E-state index in [0.29, 0.717) is 5.17 Å². The summed E-state index contributed by atoms with van der Waals surface area (Å²) in [6.07, 6.45) is 7.52. The second-order valence-corrected chi connectivity index (χ2v) is 3.95. The molecule has 0 radical (unpaired) electrons. The van der Waals surface area contributed by atoms with E-state index in [-0.39, 0.29) is 12.0 Å². The van der Waals surface area contributed by atoms with E-state index < -0.39 is 0 Å². The van der Waals surface area contributed by atoms with Crippen LogP contribution in [0.5, 0.6) is 0 Å². The van der Waals surface area contributed by atoms with Crippen molar-refractivity contribution < 1.29 is 0 Å². The molecule has 0 fully saturated rings. The molecule has 1 aliphatic heterocycles. The predicted octanol–water partition coefficient (Wildman–Crippen LogP) is 2.50. The van der Waals surface area contributed by atoms with Crippen LogP contribution in [-0.4, -0.2) is 17.6 Å². The standard InChI is InChI=1S/C8H6BrClN2/c9-5-1-2-6-7(3-5)11-4-12-8(6)10/h1-4,6-7H. The molecule has 0 aromatic carbocycles. The normalized spacial score (nSPS) is 32.5. The van der Waals surface area contributed by atoms with Gasteiger partial charge in [0, 0.05) is 4.48 Å². The topological polar surface area (TPSA) is 24.7 Å². The van der Waals surface area contributed by atoms with E-state index in [9.17, 15) is 0 Å². The molecule has 2 aliphatic rings. The lowest BCUT2D eigenvalue weighted by atomic mass is 9.96. The Morgan fingerprint density at radius 3 is 3.17 bits per heavy atom. The number of allylic oxidation sites excluding steroid dienone is 2. The van der Waals surface area contributed by atoms with Crippen LogP contribution in [0.2, 0.25) is 0 Å². The third-order valence-electron chi connectivity index (χ3n) is 1.86. The van der Waals surface area contributed by atoms with Gasteiger partial charge in [0.25, 0.3) is 0 Å². The maximum absolute atomic E-state index is 5.90. The molecular weight excluding hydrogens is 239 g/mol. The minimum Gasteiger partial charge on any atom is -0.265 e. The molecule has 4 heteroatoms. The van der Waals surface area contributed by atoms with Crippen LogP contribution < -0.4 is 0 Å². The van der Waals surface area contributed by atoms with Gasteiger partial charge in [-0.05, 0) is 6.08 Å². The zero-order valence-electron chi connectivity index (χ0n) is 6.11. The Bertz CT molecular complexity index is 317. The fraction of sp³-hybridized carbons (Fsp3) is 0.250. The molecule has 62 valence electrons. The first-order chi connectivity index (χ1) is 5.77. The minimum absolute atomic E-state index is 0.120. The molecule has 1 aliphatic carbocycles. The molecule has 0 saturated carbocycles. The first-order valence-electron chi connectivity index (χ1n) is 3.58. The minimum atomic E-state index is 0.120. The Kier molecular flexibility index (Phi) is 2.15. The van der Waals surface area contributed by atoms with Crippen molar-refractivity contribution >= 4 is 39.0 Å². The summed E-state index contributed by atoms with van der Waals surface area (Å²) in [5, 5.41) is 0.613. The highest BCUT2D eigenvalue weighted by Gasteiger charge is 2.25. The van der Waals surface area contributed by atoms with Gasteiger partial charge in [0.1, 0.15) is 11.5 Å². The Morgan fingerprint density at radius 1 is 1.50 bits per heavy atom. The zero-order valence-corrected chi connectivity index (χ0v) is 8.46. The van der Waals surface area contributed by atoms with Crippen molar-refractivity contribution in [2.45, 2.75) is 6.04 Å². The van der Waals surface area contributed by atoms with Crippen LogP contribution in [0.3, 0.4) is 0 Å². The van der Waals surface area contributed by atoms with Gasteiger partial charge in [-0.2, -0.15) is 0 Å². The quantitative estimate of drug-likeness (QED) is 0.626. The van der Waals surface area contributed by atoms with Gasteiger partial charge in [-0.25, -0.2) is 4.99 Å². The van der Waals surface area contributed by atoms with Crippen LogP contribution >= 0.6 is 27.5 Å². The first kappa shape index (κ1) is 8.20. The Hall–Kier alpha value is -0.410. The maximum Gasteiger partial charge on any atom is 0.117 e. The predicted molar refractivity (Wildman–Crippen MR) is 55.2 cm³/mol. The molecule has 1 heterocycles. The van der Waals surface area contributed by atoms with E-state index in [1.165, 1.54) is 6.34 Å². The van der Waals surface area contributed by atoms with E-state index in [2.05, 4.69) is 25.9 Å². The summed E-state index contributed by atoms with van der Waals surface area (Å²) in [5.41, 5.74) is 0. The molecule has 0 aromatic heterocycles. The van der Waals surface area contributed by atoms with Crippen LogP contribution in [0.15, 0.2) is 32.7 Å². The molecule has 0 amide bonds. The van der Waals surface area contributed by atoms with E-state index >= 15 is 0 Å². The summed E-state index contributed by atoms with van der Waals surface area (Å²) in [6.45, 7) is 0. The fourth-order valence-electron chi connectivity index (χ4n) is 1.24. The Balaban J connectivity index is 2.33. The number of hydrogen-bond donors (Lipinski definition) is 0. The van der Waals surface area contributed by atoms with Crippen molar-refractivity contribution in [3.8, 4) is 0 Å². The Labute approximate surface area is 83.9 Å². The molecule has 2 unspecified atom stereocenters. The van der Waals surface area contributed by atoms with E-state index in [1.807, 2.05) is 18.2 Å². The Morgan fingerprint density at radius 2 is 2.33 bits per heavy atom. The van der Waals surface area contributed by atoms with Crippen molar-refractivity contribution in [3.05, 3.63) is 22.7 Å². The number of hydrogen-bond acceptors (Lipinski definition) is 2. The fourth-order valence-corrected chi connectivity index (χ4v) is 1.91. The largest absolute Gasteiger partial charge is 0.265 e. The third-order valence-corrected chi connectivity index (χ3v) is 2.73. The lowest BCUT2D eigenvalue weighted by Gasteiger charge is -2.22. The van der Waals surface area contributed by atoms with E-state index in [1.54, 1.807) is 0 Å². The van der Waals surface area contributed by atoms with Crippen molar-refractivity contribution in [1.29, 1.82) is 0 Å². The summed E-state index contributed by atoms with van der Waals surface area (Å²) in [4.78, 5) is 8.13. The van der Waals surface area contributed by atoms with Crippen LogP contribution in [0.1, 0.15) is 0 Å². The van der Waals surface area contributed by atoms with Crippen molar-refractivity contribution in [2.24, 2.45) is 15.9 Å². The zero-order chi connectivity index (χ0) is 8.55. The average Bonchev–Trinajstić information content (AvgIpc) is 2.04. The summed E-state index contributed by atoms with van der Waals surface area (Å²) in [6, 6.07) is 0.120. The van der Waals surface area contributed by atoms with Gasteiger partial charge >= 0.3 is 0 Å². The summed E-state index contributed by atoms with van der Waals surface area (Å²) >= 11 is 9.29. The van der Waals surface area contributed by atoms with Crippen molar-refractivity contribution in [2.75, 3.05) is 0 Å². The average molecular weight is 246 g/mol. The van der Waals surface area contributed by atoms with Crippen LogP contribution in [0, 0.1) is 5.92 Å². The maximum atomic E-state index is 5.90. The van der Waals surface area contributed by atoms with E-state index in [0.717, 1.165) is 4.48 Å². The number of fused-ring (bicyclic) bond motifs is 1. The van der Waals surface area contributed by atoms with Crippen molar-refractivity contribution in [1.82, 2.24) is 0 Å². The third kappa shape index (κ3) is 1.39. The molecule has 0 bridgehead atoms. The highest BCUT2D eigenvalue weighted by Crippen LogP contribution is 2.26. The lowest BCUT2D eigenvalue weighted by molar-refractivity contribution is 0.719. The number of nitrogens with zero attached hydrogens (tertiary/aromatic N) is 2. The van der Waals surface area contributed by atoms with Gasteiger partial charge in [-0.15, -0.1) is 0 Å². The van der Waals surface area contributed by atoms with Gasteiger partial charge in [0.2, 0.25) is 0 Å². The monoisotopic (exact) mass is 244 g/mol. The molecule has 0 saturated heterocycles. The molecule has 0 spiro atoms. The molecule has 2 rings (SSSR count). The second kappa shape index (κ2) is 3.15. The van der Waals surface area contributed by atoms with Gasteiger partial charge in [0.15, 0.2) is 0 Å². The van der Waals surface area contributed by atoms with Crippen LogP contribution in [0.25, 0.3) is 0 Å². The molecule has 0 aromatic rings. The first-order valence-corrected chi connectivity index (χ1v) is 4.75. The summed E-state index contributed by atoms with van der Waals surface area (Å²) < 4.78 is 1.05. The van der Waals surface area contributed by atoms with Crippen LogP contribution in [0.4, 0.5) is 0 Å². The van der Waals surface area contributed by atoms with E-state index in [4.69, 9.17) is 11.6 Å². The van der Waals surface area contributed by atoms with Crippen molar-refractivity contribution in [3.63, 3.8) is 0 Å². The highest BCUT2D eigenvalue weighted by atomic mass is 79.9. The molecule has 0 N–H and O–H groups in total. The van der Waals surface area contributed by atoms with Crippen LogP contribution in [-0.2, 0) is 0 Å². The molecule has 2 nitrogen and oxygen atoms in total. The number of aliphatic imine (C=N–C) groups is 2. The molecule has 12 heavy (non-hydrogen) atoms. The van der Waals surface area contributed by atoms with Gasteiger partial charge in [-0.3, -0.25) is 4.99 Å². The molecule has 2 atom stereocenters. The highest BCUT2D eigenvalue weighted by molar-refractivity contribution is 9.11. The number of rotatable bonds is 0. The summed E-state index contributed by atoms with van der Waals surface area (Å²) in [5.74, 6) is 0.137. The SMILES string of the molecule is ClC1=NC=NC2C=C(Br)C=CC12. The summed E-state index contributed by atoms with van der Waals surface area (Å²) in [7, 11) is 0. The van der Waals surface area contributed by atoms with Gasteiger partial charge in [-0.1, -0.05) is 39.7 Å². The van der Waals surface area contributed by atoms with Gasteiger partial charge < -0.3 is 0 Å². The smallest absolute Gasteiger partial charge is 0.117 e. The second-order valence-electron chi connectivity index (χ2n) is 2.64. The molecular formula is C8H6BrClN2. The number of halogens is 2. The lowest BCUT2D eigenvalue weighted by Crippen LogP contribution is -2.25. The van der Waals surface area contributed by atoms with Gasteiger partial charge in [0.05, 0.1) is 12.0 Å².